The van der Waals surface area contributed by atoms with Crippen LogP contribution in [0.15, 0.2) is 18.2 Å². The second-order valence-corrected chi connectivity index (χ2v) is 3.57. The molecule has 1 aromatic rings. The first-order chi connectivity index (χ1) is 8.99. The summed E-state index contributed by atoms with van der Waals surface area (Å²) in [4.78, 5) is 0. The monoisotopic (exact) mass is 274 g/mol. The van der Waals surface area contributed by atoms with Gasteiger partial charge in [-0.3, -0.25) is 0 Å². The summed E-state index contributed by atoms with van der Waals surface area (Å²) < 4.78 is 48.3. The van der Waals surface area contributed by atoms with Crippen LogP contribution in [-0.4, -0.2) is 26.4 Å². The largest absolute Gasteiger partial charge is 0.491 e. The van der Waals surface area contributed by atoms with Crippen LogP contribution >= 0.6 is 0 Å². The average Bonchev–Trinajstić information content (AvgIpc) is 2.37. The van der Waals surface area contributed by atoms with Gasteiger partial charge in [-0.25, -0.2) is 0 Å². The third-order valence-electron chi connectivity index (χ3n) is 2.16. The number of ether oxygens (including phenoxy) is 2. The van der Waals surface area contributed by atoms with Crippen LogP contribution in [0, 0.1) is 11.3 Å². The van der Waals surface area contributed by atoms with Crippen molar-refractivity contribution in [3.63, 3.8) is 0 Å². The van der Waals surface area contributed by atoms with Crippen molar-refractivity contribution in [1.82, 2.24) is 0 Å². The van der Waals surface area contributed by atoms with E-state index in [-0.39, 0.29) is 24.5 Å². The predicted octanol–water partition coefficient (Wildman–Crippen LogP) is 1.93. The fourth-order valence-corrected chi connectivity index (χ4v) is 1.34. The third kappa shape index (κ3) is 4.77. The Kier molecular flexibility index (Phi) is 5.60. The van der Waals surface area contributed by atoms with Crippen molar-refractivity contribution in [3.05, 3.63) is 29.3 Å². The number of alkyl halides is 3. The highest BCUT2D eigenvalue weighted by Gasteiger charge is 2.34. The number of hydrogen-bond acceptors (Lipinski definition) is 4. The van der Waals surface area contributed by atoms with E-state index < -0.39 is 11.7 Å². The Hall–Kier alpha value is -1.78. The highest BCUT2D eigenvalue weighted by Crippen LogP contribution is 2.36. The molecule has 0 amide bonds. The van der Waals surface area contributed by atoms with E-state index in [4.69, 9.17) is 20.5 Å². The van der Waals surface area contributed by atoms with Crippen molar-refractivity contribution in [1.29, 1.82) is 5.26 Å². The van der Waals surface area contributed by atoms with Crippen molar-refractivity contribution in [2.75, 3.05) is 26.4 Å². The molecular formula is C12H13F3N2O2. The standard InChI is InChI=1S/C12H13F3N2O2/c13-12(14,15)10-7-9(8-17)1-2-11(10)19-6-5-18-4-3-16/h1-2,7H,3-6,16H2. The molecule has 1 aromatic carbocycles. The van der Waals surface area contributed by atoms with E-state index in [1.807, 2.05) is 0 Å². The van der Waals surface area contributed by atoms with Crippen molar-refractivity contribution in [3.8, 4) is 11.8 Å². The Labute approximate surface area is 108 Å². The first-order valence-electron chi connectivity index (χ1n) is 5.51. The summed E-state index contributed by atoms with van der Waals surface area (Å²) >= 11 is 0. The number of hydrogen-bond donors (Lipinski definition) is 1. The summed E-state index contributed by atoms with van der Waals surface area (Å²) in [5, 5.41) is 8.60. The summed E-state index contributed by atoms with van der Waals surface area (Å²) in [6.45, 7) is 0.789. The van der Waals surface area contributed by atoms with E-state index in [0.717, 1.165) is 12.1 Å². The zero-order valence-electron chi connectivity index (χ0n) is 10.0. The lowest BCUT2D eigenvalue weighted by Crippen LogP contribution is -2.15. The molecule has 0 atom stereocenters. The molecule has 0 fully saturated rings. The fourth-order valence-electron chi connectivity index (χ4n) is 1.34. The molecular weight excluding hydrogens is 261 g/mol. The normalized spacial score (nSPS) is 11.1. The van der Waals surface area contributed by atoms with Crippen LogP contribution in [0.3, 0.4) is 0 Å². The van der Waals surface area contributed by atoms with E-state index in [1.165, 1.54) is 6.07 Å². The lowest BCUT2D eigenvalue weighted by molar-refractivity contribution is -0.139. The summed E-state index contributed by atoms with van der Waals surface area (Å²) in [7, 11) is 0. The Morgan fingerprint density at radius 1 is 1.21 bits per heavy atom. The van der Waals surface area contributed by atoms with Crippen LogP contribution in [0.4, 0.5) is 13.2 Å². The second-order valence-electron chi connectivity index (χ2n) is 3.57. The van der Waals surface area contributed by atoms with Crippen LogP contribution < -0.4 is 10.5 Å². The Bertz CT molecular complexity index is 455. The Morgan fingerprint density at radius 3 is 2.53 bits per heavy atom. The number of halogens is 3. The van der Waals surface area contributed by atoms with Crippen LogP contribution in [0.1, 0.15) is 11.1 Å². The topological polar surface area (TPSA) is 68.3 Å². The molecule has 0 radical (unpaired) electrons. The zero-order valence-corrected chi connectivity index (χ0v) is 10.0. The molecule has 0 bridgehead atoms. The van der Waals surface area contributed by atoms with Crippen molar-refractivity contribution < 1.29 is 22.6 Å². The van der Waals surface area contributed by atoms with E-state index >= 15 is 0 Å². The van der Waals surface area contributed by atoms with E-state index in [1.54, 1.807) is 6.07 Å². The van der Waals surface area contributed by atoms with Crippen molar-refractivity contribution >= 4 is 0 Å². The summed E-state index contributed by atoms with van der Waals surface area (Å²) in [6.07, 6.45) is -4.57. The van der Waals surface area contributed by atoms with Gasteiger partial charge >= 0.3 is 6.18 Å². The Balaban J connectivity index is 2.74. The Morgan fingerprint density at radius 2 is 1.95 bits per heavy atom. The molecule has 0 aliphatic rings. The number of nitriles is 1. The molecule has 19 heavy (non-hydrogen) atoms. The minimum atomic E-state index is -4.57. The van der Waals surface area contributed by atoms with E-state index in [0.29, 0.717) is 13.2 Å². The van der Waals surface area contributed by atoms with Gasteiger partial charge in [0.1, 0.15) is 12.4 Å². The number of rotatable bonds is 6. The van der Waals surface area contributed by atoms with Crippen molar-refractivity contribution in [2.24, 2.45) is 5.73 Å². The molecule has 0 aromatic heterocycles. The quantitative estimate of drug-likeness (QED) is 0.805. The summed E-state index contributed by atoms with van der Waals surface area (Å²) in [6, 6.07) is 4.81. The summed E-state index contributed by atoms with van der Waals surface area (Å²) in [5.41, 5.74) is 4.15. The third-order valence-corrected chi connectivity index (χ3v) is 2.16. The minimum absolute atomic E-state index is 0.0189. The first kappa shape index (κ1) is 15.3. The molecule has 0 aliphatic heterocycles. The smallest absolute Gasteiger partial charge is 0.420 e. The molecule has 0 heterocycles. The number of benzene rings is 1. The van der Waals surface area contributed by atoms with Gasteiger partial charge in [-0.05, 0) is 18.2 Å². The van der Waals surface area contributed by atoms with Crippen LogP contribution in [0.2, 0.25) is 0 Å². The molecule has 0 aliphatic carbocycles. The number of nitrogens with zero attached hydrogens (tertiary/aromatic N) is 1. The SMILES string of the molecule is N#Cc1ccc(OCCOCCN)c(C(F)(F)F)c1. The lowest BCUT2D eigenvalue weighted by Gasteiger charge is -2.14. The minimum Gasteiger partial charge on any atom is -0.491 e. The second kappa shape index (κ2) is 6.97. The maximum atomic E-state index is 12.8. The molecule has 0 saturated carbocycles. The summed E-state index contributed by atoms with van der Waals surface area (Å²) in [5.74, 6) is -0.317. The van der Waals surface area contributed by atoms with Crippen LogP contribution in [0.25, 0.3) is 0 Å². The van der Waals surface area contributed by atoms with Gasteiger partial charge in [-0.2, -0.15) is 18.4 Å². The molecule has 0 saturated heterocycles. The van der Waals surface area contributed by atoms with Gasteiger partial charge in [0.25, 0.3) is 0 Å². The molecule has 0 unspecified atom stereocenters. The van der Waals surface area contributed by atoms with E-state index in [9.17, 15) is 13.2 Å². The van der Waals surface area contributed by atoms with Crippen LogP contribution in [-0.2, 0) is 10.9 Å². The average molecular weight is 274 g/mol. The number of nitrogens with two attached hydrogens (primary N) is 1. The highest BCUT2D eigenvalue weighted by atomic mass is 19.4. The van der Waals surface area contributed by atoms with Gasteiger partial charge in [-0.1, -0.05) is 0 Å². The molecule has 4 nitrogen and oxygen atoms in total. The maximum Gasteiger partial charge on any atom is 0.420 e. The first-order valence-corrected chi connectivity index (χ1v) is 5.51. The zero-order chi connectivity index (χ0) is 14.3. The maximum absolute atomic E-state index is 12.8. The van der Waals surface area contributed by atoms with Gasteiger partial charge in [0.05, 0.1) is 30.4 Å². The fraction of sp³-hybridized carbons (Fsp3) is 0.417. The van der Waals surface area contributed by atoms with Gasteiger partial charge in [0, 0.05) is 6.54 Å². The predicted molar refractivity (Wildman–Crippen MR) is 61.5 cm³/mol. The van der Waals surface area contributed by atoms with Crippen LogP contribution in [0.5, 0.6) is 5.75 Å². The van der Waals surface area contributed by atoms with Gasteiger partial charge < -0.3 is 15.2 Å². The van der Waals surface area contributed by atoms with E-state index in [2.05, 4.69) is 0 Å². The van der Waals surface area contributed by atoms with Crippen molar-refractivity contribution in [2.45, 2.75) is 6.18 Å². The lowest BCUT2D eigenvalue weighted by atomic mass is 10.1. The highest BCUT2D eigenvalue weighted by molar-refractivity contribution is 5.43. The molecule has 0 spiro atoms. The molecule has 104 valence electrons. The molecule has 2 N–H and O–H groups in total. The van der Waals surface area contributed by atoms with Gasteiger partial charge in [0.2, 0.25) is 0 Å². The molecule has 1 rings (SSSR count). The van der Waals surface area contributed by atoms with Gasteiger partial charge in [0.15, 0.2) is 0 Å². The molecule has 7 heteroatoms. The van der Waals surface area contributed by atoms with Gasteiger partial charge in [-0.15, -0.1) is 0 Å².